The fraction of sp³-hybridized carbons (Fsp3) is 0.389. The minimum atomic E-state index is -0.187. The topological polar surface area (TPSA) is 127 Å². The van der Waals surface area contributed by atoms with Gasteiger partial charge in [-0.2, -0.15) is 0 Å². The summed E-state index contributed by atoms with van der Waals surface area (Å²) in [5.74, 6) is 0.942. The number of ether oxygens (including phenoxy) is 1. The molecular formula is C18H22N7O4S2Y-. The standard InChI is InChI=1S/C18H22N7O4S2.Y/c1-12(2)28-29-21-5-7-27-16-8-14(25-6-4-19-11-25)9-20-15(16)10-30-18-24-23-17(31-18)22-13(3)26;/h4,6,8-9,11-12H,5,7,10H2,1-3H3,(H,22,23,26);/q-1;. The molecule has 3 rings (SSSR count). The first-order valence-electron chi connectivity index (χ1n) is 9.34. The van der Waals surface area contributed by atoms with Gasteiger partial charge in [0.1, 0.15) is 5.75 Å². The number of carbonyl (C=O) groups excluding carboxylic acids is 1. The van der Waals surface area contributed by atoms with Crippen LogP contribution in [0.4, 0.5) is 5.13 Å². The minimum absolute atomic E-state index is 0. The predicted molar refractivity (Wildman–Crippen MR) is 116 cm³/mol. The molecule has 14 heteroatoms. The Hall–Kier alpha value is -1.48. The molecule has 0 aliphatic rings. The molecule has 1 radical (unpaired) electrons. The van der Waals surface area contributed by atoms with E-state index < -0.39 is 0 Å². The third-order valence-corrected chi connectivity index (χ3v) is 5.45. The number of carbonyl (C=O) groups is 1. The van der Waals surface area contributed by atoms with Gasteiger partial charge in [-0.3, -0.25) is 14.7 Å². The van der Waals surface area contributed by atoms with E-state index in [1.54, 1.807) is 18.7 Å². The molecule has 0 spiro atoms. The number of nitrogens with zero attached hydrogens (tertiary/aromatic N) is 6. The second kappa shape index (κ2) is 13.9. The summed E-state index contributed by atoms with van der Waals surface area (Å²) in [6.07, 6.45) is 6.88. The van der Waals surface area contributed by atoms with Crippen molar-refractivity contribution in [3.05, 3.63) is 42.2 Å². The van der Waals surface area contributed by atoms with Crippen LogP contribution in [0.3, 0.4) is 0 Å². The van der Waals surface area contributed by atoms with Crippen molar-refractivity contribution in [1.29, 1.82) is 0 Å². The maximum Gasteiger partial charge on any atom is 0.223 e. The normalized spacial score (nSPS) is 10.8. The molecule has 0 aromatic carbocycles. The van der Waals surface area contributed by atoms with Crippen LogP contribution in [0.5, 0.6) is 5.75 Å². The average Bonchev–Trinajstić information content (AvgIpc) is 3.41. The van der Waals surface area contributed by atoms with Crippen LogP contribution in [0.25, 0.3) is 11.2 Å². The summed E-state index contributed by atoms with van der Waals surface area (Å²) in [4.78, 5) is 29.4. The van der Waals surface area contributed by atoms with Gasteiger partial charge in [0.2, 0.25) is 11.0 Å². The molecule has 1 N–H and O–H groups in total. The number of nitrogens with one attached hydrogen (secondary N) is 1. The van der Waals surface area contributed by atoms with Crippen LogP contribution in [0.1, 0.15) is 26.5 Å². The van der Waals surface area contributed by atoms with Gasteiger partial charge in [0.05, 0.1) is 36.6 Å². The molecule has 11 nitrogen and oxygen atoms in total. The number of thioether (sulfide) groups is 1. The Morgan fingerprint density at radius 2 is 2.22 bits per heavy atom. The zero-order valence-electron chi connectivity index (χ0n) is 17.8. The number of pyridine rings is 1. The number of imidazole rings is 1. The van der Waals surface area contributed by atoms with Crippen molar-refractivity contribution in [2.45, 2.75) is 37.0 Å². The minimum Gasteiger partial charge on any atom is -0.497 e. The van der Waals surface area contributed by atoms with Gasteiger partial charge in [-0.15, -0.1) is 10.2 Å². The van der Waals surface area contributed by atoms with Gasteiger partial charge in [0.25, 0.3) is 0 Å². The summed E-state index contributed by atoms with van der Waals surface area (Å²) in [5, 5.41) is 11.1. The molecular weight excluding hydrogens is 531 g/mol. The number of anilines is 1. The number of aromatic nitrogens is 5. The van der Waals surface area contributed by atoms with Crippen LogP contribution >= 0.6 is 23.1 Å². The van der Waals surface area contributed by atoms with E-state index in [9.17, 15) is 4.79 Å². The van der Waals surface area contributed by atoms with Crippen LogP contribution in [0.15, 0.2) is 35.3 Å². The molecule has 0 atom stereocenters. The molecule has 3 heterocycles. The van der Waals surface area contributed by atoms with E-state index in [0.717, 1.165) is 11.4 Å². The number of hydroxylamine groups is 1. The first-order chi connectivity index (χ1) is 15.0. The van der Waals surface area contributed by atoms with Crippen LogP contribution in [0.2, 0.25) is 0 Å². The fourth-order valence-corrected chi connectivity index (χ4v) is 3.94. The number of rotatable bonds is 12. The maximum absolute atomic E-state index is 11.1. The summed E-state index contributed by atoms with van der Waals surface area (Å²) in [7, 11) is 0. The molecule has 3 aromatic rings. The van der Waals surface area contributed by atoms with Crippen molar-refractivity contribution in [1.82, 2.24) is 24.7 Å². The van der Waals surface area contributed by atoms with Crippen molar-refractivity contribution < 1.29 is 52.1 Å². The Morgan fingerprint density at radius 3 is 2.94 bits per heavy atom. The molecule has 3 aromatic heterocycles. The van der Waals surface area contributed by atoms with Gasteiger partial charge in [-0.25, -0.2) is 4.98 Å². The van der Waals surface area contributed by atoms with Crippen molar-refractivity contribution >= 4 is 34.1 Å². The van der Waals surface area contributed by atoms with E-state index in [2.05, 4.69) is 31.0 Å². The summed E-state index contributed by atoms with van der Waals surface area (Å²) in [6.45, 7) is 5.71. The monoisotopic (exact) mass is 553 g/mol. The zero-order valence-corrected chi connectivity index (χ0v) is 22.3. The molecule has 32 heavy (non-hydrogen) atoms. The van der Waals surface area contributed by atoms with Crippen molar-refractivity contribution in [3.8, 4) is 11.4 Å². The summed E-state index contributed by atoms with van der Waals surface area (Å²) in [5.41, 5.74) is 5.37. The second-order valence-corrected chi connectivity index (χ2v) is 8.57. The van der Waals surface area contributed by atoms with Crippen LogP contribution in [-0.2, 0) is 53.1 Å². The molecule has 0 fully saturated rings. The molecule has 0 saturated heterocycles. The molecule has 0 bridgehead atoms. The number of hydrogen-bond donors (Lipinski definition) is 1. The van der Waals surface area contributed by atoms with Crippen molar-refractivity contribution in [3.63, 3.8) is 0 Å². The van der Waals surface area contributed by atoms with Crippen LogP contribution in [0, 0.1) is 0 Å². The average molecular weight is 553 g/mol. The van der Waals surface area contributed by atoms with Gasteiger partial charge in [0.15, 0.2) is 4.34 Å². The van der Waals surface area contributed by atoms with Crippen LogP contribution in [-0.4, -0.2) is 49.9 Å². The third kappa shape index (κ3) is 8.81. The van der Waals surface area contributed by atoms with Crippen LogP contribution < -0.4 is 10.1 Å². The van der Waals surface area contributed by atoms with Crippen molar-refractivity contribution in [2.24, 2.45) is 0 Å². The predicted octanol–water partition coefficient (Wildman–Crippen LogP) is 3.39. The Bertz CT molecular complexity index is 972. The van der Waals surface area contributed by atoms with Gasteiger partial charge in [-0.05, 0) is 13.8 Å². The number of hydrogen-bond acceptors (Lipinski definition) is 10. The van der Waals surface area contributed by atoms with Gasteiger partial charge in [-0.1, -0.05) is 29.6 Å². The van der Waals surface area contributed by atoms with E-state index in [-0.39, 0.29) is 44.7 Å². The summed E-state index contributed by atoms with van der Waals surface area (Å²) < 4.78 is 8.45. The zero-order chi connectivity index (χ0) is 22.1. The Morgan fingerprint density at radius 1 is 1.38 bits per heavy atom. The van der Waals surface area contributed by atoms with E-state index in [1.807, 2.05) is 30.7 Å². The number of amides is 1. The van der Waals surface area contributed by atoms with Gasteiger partial charge >= 0.3 is 0 Å². The first-order valence-corrected chi connectivity index (χ1v) is 11.1. The van der Waals surface area contributed by atoms with E-state index in [1.165, 1.54) is 30.0 Å². The van der Waals surface area contributed by atoms with E-state index in [4.69, 9.17) is 14.6 Å². The van der Waals surface area contributed by atoms with E-state index in [0.29, 0.717) is 34.1 Å². The molecule has 169 valence electrons. The first kappa shape index (κ1) is 26.8. The summed E-state index contributed by atoms with van der Waals surface area (Å²) in [6, 6.07) is 1.89. The Labute approximate surface area is 218 Å². The molecule has 1 amide bonds. The molecule has 0 aliphatic heterocycles. The van der Waals surface area contributed by atoms with E-state index >= 15 is 0 Å². The van der Waals surface area contributed by atoms with Gasteiger partial charge < -0.3 is 25.1 Å². The van der Waals surface area contributed by atoms with Gasteiger partial charge in [0, 0.05) is 63.8 Å². The summed E-state index contributed by atoms with van der Waals surface area (Å²) >= 11 is 2.75. The fourth-order valence-electron chi connectivity index (χ4n) is 2.19. The smallest absolute Gasteiger partial charge is 0.223 e. The third-order valence-electron chi connectivity index (χ3n) is 3.47. The Kier molecular flexibility index (Phi) is 11.7. The second-order valence-electron chi connectivity index (χ2n) is 6.37. The molecule has 0 saturated carbocycles. The SMILES string of the molecule is CC(=O)Nc1nnc(SCc2ncc(-n3ccnc3)cc2OCC[N-]OOC(C)C)s1.[Y]. The largest absolute Gasteiger partial charge is 0.497 e. The molecule has 0 unspecified atom stereocenters. The molecule has 0 aliphatic carbocycles. The quantitative estimate of drug-likeness (QED) is 0.118. The van der Waals surface area contributed by atoms with Crippen molar-refractivity contribution in [2.75, 3.05) is 18.5 Å². The Balaban J connectivity index is 0.00000363. The maximum atomic E-state index is 11.1.